The summed E-state index contributed by atoms with van der Waals surface area (Å²) in [7, 11) is 0. The maximum Gasteiger partial charge on any atom is 0.387 e. The van der Waals surface area contributed by atoms with E-state index >= 15 is 0 Å². The molecule has 0 fully saturated rings. The van der Waals surface area contributed by atoms with Crippen LogP contribution >= 0.6 is 23.2 Å². The third kappa shape index (κ3) is 3.07. The van der Waals surface area contributed by atoms with Crippen molar-refractivity contribution in [3.63, 3.8) is 0 Å². The second-order valence-electron chi connectivity index (χ2n) is 2.32. The summed E-state index contributed by atoms with van der Waals surface area (Å²) in [6, 6.07) is 2.47. The zero-order valence-corrected chi connectivity index (χ0v) is 8.66. The molecule has 0 bridgehead atoms. The predicted molar refractivity (Wildman–Crippen MR) is 49.7 cm³/mol. The first-order valence-electron chi connectivity index (χ1n) is 3.67. The van der Waals surface area contributed by atoms with Gasteiger partial charge in [0.15, 0.2) is 11.5 Å². The fourth-order valence-electron chi connectivity index (χ4n) is 0.886. The SMILES string of the molecule is FCOc1ccc(Cl)c(Cl)c1OC(F)F. The summed E-state index contributed by atoms with van der Waals surface area (Å²) in [6.07, 6.45) is 0. The van der Waals surface area contributed by atoms with Gasteiger partial charge in [-0.15, -0.1) is 0 Å². The normalized spacial score (nSPS) is 10.5. The van der Waals surface area contributed by atoms with E-state index in [0.29, 0.717) is 0 Å². The maximum absolute atomic E-state index is 12.0. The molecule has 0 atom stereocenters. The number of rotatable bonds is 4. The van der Waals surface area contributed by atoms with E-state index in [2.05, 4.69) is 9.47 Å². The molecule has 0 spiro atoms. The van der Waals surface area contributed by atoms with Gasteiger partial charge in [-0.3, -0.25) is 0 Å². The highest BCUT2D eigenvalue weighted by Crippen LogP contribution is 2.40. The molecule has 1 aromatic rings. The monoisotopic (exact) mass is 260 g/mol. The fourth-order valence-corrected chi connectivity index (χ4v) is 1.24. The lowest BCUT2D eigenvalue weighted by Crippen LogP contribution is -2.05. The number of hydrogen-bond donors (Lipinski definition) is 0. The van der Waals surface area contributed by atoms with Crippen molar-refractivity contribution in [3.8, 4) is 11.5 Å². The van der Waals surface area contributed by atoms with Crippen LogP contribution in [0, 0.1) is 0 Å². The molecule has 0 radical (unpaired) electrons. The Bertz CT molecular complexity index is 347. The summed E-state index contributed by atoms with van der Waals surface area (Å²) in [5.41, 5.74) is 0. The second-order valence-corrected chi connectivity index (χ2v) is 3.11. The molecule has 0 aliphatic rings. The molecule has 0 unspecified atom stereocenters. The van der Waals surface area contributed by atoms with Gasteiger partial charge in [-0.05, 0) is 12.1 Å². The van der Waals surface area contributed by atoms with Gasteiger partial charge in [-0.2, -0.15) is 8.78 Å². The van der Waals surface area contributed by atoms with Crippen molar-refractivity contribution in [1.29, 1.82) is 0 Å². The van der Waals surface area contributed by atoms with E-state index in [-0.39, 0.29) is 15.8 Å². The van der Waals surface area contributed by atoms with Crippen molar-refractivity contribution >= 4 is 23.2 Å². The molecule has 7 heteroatoms. The number of ether oxygens (including phenoxy) is 2. The van der Waals surface area contributed by atoms with Crippen LogP contribution in [0.5, 0.6) is 11.5 Å². The summed E-state index contributed by atoms with van der Waals surface area (Å²) < 4.78 is 44.3. The van der Waals surface area contributed by atoms with Crippen LogP contribution < -0.4 is 9.47 Å². The van der Waals surface area contributed by atoms with Gasteiger partial charge in [0.25, 0.3) is 0 Å². The standard InChI is InChI=1S/C8H5Cl2F3O2/c9-4-1-2-5(14-3-11)7(6(4)10)15-8(12)13/h1-2,8H,3H2. The van der Waals surface area contributed by atoms with Crippen molar-refractivity contribution in [2.24, 2.45) is 0 Å². The summed E-state index contributed by atoms with van der Waals surface area (Å²) in [5.74, 6) is -0.705. The molecule has 0 saturated carbocycles. The van der Waals surface area contributed by atoms with Crippen LogP contribution in [-0.4, -0.2) is 13.5 Å². The molecular weight excluding hydrogens is 256 g/mol. The zero-order chi connectivity index (χ0) is 11.4. The summed E-state index contributed by atoms with van der Waals surface area (Å²) in [6.45, 7) is -4.28. The van der Waals surface area contributed by atoms with Crippen LogP contribution in [0.2, 0.25) is 10.0 Å². The van der Waals surface area contributed by atoms with Crippen LogP contribution in [0.1, 0.15) is 0 Å². The average Bonchev–Trinajstić information content (AvgIpc) is 2.17. The zero-order valence-electron chi connectivity index (χ0n) is 7.15. The molecule has 84 valence electrons. The smallest absolute Gasteiger partial charge is 0.387 e. The van der Waals surface area contributed by atoms with Crippen molar-refractivity contribution in [2.75, 3.05) is 6.86 Å². The van der Waals surface area contributed by atoms with E-state index in [4.69, 9.17) is 23.2 Å². The van der Waals surface area contributed by atoms with Gasteiger partial charge >= 0.3 is 6.61 Å². The highest BCUT2D eigenvalue weighted by atomic mass is 35.5. The van der Waals surface area contributed by atoms with E-state index < -0.39 is 19.2 Å². The van der Waals surface area contributed by atoms with Gasteiger partial charge in [-0.25, -0.2) is 4.39 Å². The maximum atomic E-state index is 12.0. The van der Waals surface area contributed by atoms with Crippen molar-refractivity contribution in [1.82, 2.24) is 0 Å². The Morgan fingerprint density at radius 2 is 1.93 bits per heavy atom. The summed E-state index contributed by atoms with van der Waals surface area (Å²) >= 11 is 11.1. The van der Waals surface area contributed by atoms with Crippen molar-refractivity contribution in [3.05, 3.63) is 22.2 Å². The topological polar surface area (TPSA) is 18.5 Å². The van der Waals surface area contributed by atoms with Crippen LogP contribution in [0.25, 0.3) is 0 Å². The van der Waals surface area contributed by atoms with E-state index in [1.807, 2.05) is 0 Å². The highest BCUT2D eigenvalue weighted by molar-refractivity contribution is 6.43. The van der Waals surface area contributed by atoms with Gasteiger partial charge in [-0.1, -0.05) is 23.2 Å². The molecule has 0 saturated heterocycles. The molecular formula is C8H5Cl2F3O2. The molecule has 1 rings (SSSR count). The molecule has 15 heavy (non-hydrogen) atoms. The van der Waals surface area contributed by atoms with Gasteiger partial charge in [0, 0.05) is 0 Å². The van der Waals surface area contributed by atoms with Gasteiger partial charge in [0.1, 0.15) is 5.02 Å². The molecule has 0 amide bonds. The minimum absolute atomic E-state index is 0.0125. The largest absolute Gasteiger partial charge is 0.459 e. The van der Waals surface area contributed by atoms with Crippen molar-refractivity contribution < 1.29 is 22.6 Å². The molecule has 1 aromatic carbocycles. The Morgan fingerprint density at radius 1 is 1.27 bits per heavy atom. The van der Waals surface area contributed by atoms with Crippen LogP contribution in [0.3, 0.4) is 0 Å². The number of hydrogen-bond acceptors (Lipinski definition) is 2. The van der Waals surface area contributed by atoms with Crippen molar-refractivity contribution in [2.45, 2.75) is 6.61 Å². The van der Waals surface area contributed by atoms with E-state index in [9.17, 15) is 13.2 Å². The van der Waals surface area contributed by atoms with Crippen LogP contribution in [0.4, 0.5) is 13.2 Å². The lowest BCUT2D eigenvalue weighted by Gasteiger charge is -2.12. The van der Waals surface area contributed by atoms with E-state index in [0.717, 1.165) is 0 Å². The van der Waals surface area contributed by atoms with Crippen LogP contribution in [-0.2, 0) is 0 Å². The minimum atomic E-state index is -3.09. The Balaban J connectivity index is 3.10. The molecule has 2 nitrogen and oxygen atoms in total. The Labute approximate surface area is 93.5 Å². The van der Waals surface area contributed by atoms with E-state index in [1.54, 1.807) is 0 Å². The number of halogens is 5. The number of benzene rings is 1. The first-order chi connectivity index (χ1) is 7.06. The highest BCUT2D eigenvalue weighted by Gasteiger charge is 2.17. The molecule has 0 aliphatic carbocycles. The van der Waals surface area contributed by atoms with Gasteiger partial charge < -0.3 is 9.47 Å². The Morgan fingerprint density at radius 3 is 2.47 bits per heavy atom. The Hall–Kier alpha value is -0.810. The quantitative estimate of drug-likeness (QED) is 0.818. The summed E-state index contributed by atoms with van der Waals surface area (Å²) in [5, 5.41) is -0.235. The first kappa shape index (κ1) is 12.3. The third-order valence-corrected chi connectivity index (χ3v) is 2.22. The lowest BCUT2D eigenvalue weighted by molar-refractivity contribution is -0.0519. The first-order valence-corrected chi connectivity index (χ1v) is 4.43. The van der Waals surface area contributed by atoms with Gasteiger partial charge in [0.05, 0.1) is 5.02 Å². The predicted octanol–water partition coefficient (Wildman–Crippen LogP) is 3.90. The Kier molecular flexibility index (Phi) is 4.35. The summed E-state index contributed by atoms with van der Waals surface area (Å²) in [4.78, 5) is 0. The van der Waals surface area contributed by atoms with Gasteiger partial charge in [0.2, 0.25) is 6.86 Å². The lowest BCUT2D eigenvalue weighted by atomic mass is 10.3. The average molecular weight is 261 g/mol. The fraction of sp³-hybridized carbons (Fsp3) is 0.250. The molecule has 0 aliphatic heterocycles. The second kappa shape index (κ2) is 5.32. The van der Waals surface area contributed by atoms with E-state index in [1.165, 1.54) is 12.1 Å². The minimum Gasteiger partial charge on any atom is -0.459 e. The molecule has 0 N–H and O–H groups in total. The number of alkyl halides is 3. The third-order valence-electron chi connectivity index (χ3n) is 1.43. The molecule has 0 aromatic heterocycles. The van der Waals surface area contributed by atoms with Crippen LogP contribution in [0.15, 0.2) is 12.1 Å². The molecule has 0 heterocycles.